The number of hydrogen-bond donors (Lipinski definition) is 1. The lowest BCUT2D eigenvalue weighted by molar-refractivity contribution is -0.0251. The lowest BCUT2D eigenvalue weighted by Gasteiger charge is -2.57. The molecule has 0 radical (unpaired) electrons. The normalized spacial score (nSPS) is 45.9. The summed E-state index contributed by atoms with van der Waals surface area (Å²) in [7, 11) is 0. The fourth-order valence-electron chi connectivity index (χ4n) is 6.88. The average molecular weight is 339 g/mol. The van der Waals surface area contributed by atoms with E-state index in [0.717, 1.165) is 31.1 Å². The Kier molecular flexibility index (Phi) is 3.35. The van der Waals surface area contributed by atoms with Crippen LogP contribution in [0.2, 0.25) is 0 Å². The summed E-state index contributed by atoms with van der Waals surface area (Å²) in [5, 5.41) is 18.4. The first kappa shape index (κ1) is 15.8. The zero-order valence-electron chi connectivity index (χ0n) is 15.4. The number of fused-ring (bicyclic) bond motifs is 5. The maximum atomic E-state index is 10.1. The van der Waals surface area contributed by atoms with Crippen LogP contribution in [0.4, 0.5) is 0 Å². The Labute approximate surface area is 150 Å². The molecule has 1 unspecified atom stereocenters. The van der Waals surface area contributed by atoms with Crippen LogP contribution in [0.25, 0.3) is 5.70 Å². The van der Waals surface area contributed by atoms with Crippen molar-refractivity contribution in [2.24, 2.45) is 28.6 Å². The molecule has 1 N–H and O–H groups in total. The quantitative estimate of drug-likeness (QED) is 0.785. The van der Waals surface area contributed by atoms with E-state index in [0.29, 0.717) is 11.3 Å². The highest BCUT2D eigenvalue weighted by atomic mass is 16.3. The summed E-state index contributed by atoms with van der Waals surface area (Å²) in [6.45, 7) is 4.95. The minimum Gasteiger partial charge on any atom is -0.393 e. The van der Waals surface area contributed by atoms with E-state index in [1.807, 2.05) is 10.9 Å². The van der Waals surface area contributed by atoms with Crippen molar-refractivity contribution < 1.29 is 5.11 Å². The van der Waals surface area contributed by atoms with Gasteiger partial charge in [0.25, 0.3) is 0 Å². The van der Waals surface area contributed by atoms with Crippen LogP contribution in [0.1, 0.15) is 58.8 Å². The van der Waals surface area contributed by atoms with Gasteiger partial charge in [0.1, 0.15) is 0 Å². The SMILES string of the molecule is C[C@]12CCC(O)CC1=CC[C@@H]1[C@@H]2CC[C@]2(C)C(n3ccnn3)=CC[C@@H]12. The van der Waals surface area contributed by atoms with Crippen molar-refractivity contribution in [1.29, 1.82) is 0 Å². The first-order valence-electron chi connectivity index (χ1n) is 9.97. The van der Waals surface area contributed by atoms with Gasteiger partial charge in [0, 0.05) is 11.1 Å². The lowest BCUT2D eigenvalue weighted by Crippen LogP contribution is -2.50. The zero-order chi connectivity index (χ0) is 17.2. The van der Waals surface area contributed by atoms with Gasteiger partial charge in [-0.15, -0.1) is 5.10 Å². The van der Waals surface area contributed by atoms with Crippen LogP contribution in [0.5, 0.6) is 0 Å². The molecule has 1 heterocycles. The van der Waals surface area contributed by atoms with Crippen LogP contribution in [0.15, 0.2) is 30.1 Å². The molecule has 6 atom stereocenters. The molecule has 4 nitrogen and oxygen atoms in total. The zero-order valence-corrected chi connectivity index (χ0v) is 15.4. The van der Waals surface area contributed by atoms with E-state index < -0.39 is 0 Å². The predicted molar refractivity (Wildman–Crippen MR) is 97.4 cm³/mol. The number of rotatable bonds is 1. The molecule has 4 aliphatic rings. The predicted octanol–water partition coefficient (Wildman–Crippen LogP) is 4.05. The van der Waals surface area contributed by atoms with E-state index in [4.69, 9.17) is 0 Å². The molecular formula is C21H29N3O. The van der Waals surface area contributed by atoms with Gasteiger partial charge in [0.2, 0.25) is 0 Å². The van der Waals surface area contributed by atoms with Crippen LogP contribution >= 0.6 is 0 Å². The van der Waals surface area contributed by atoms with Gasteiger partial charge in [-0.1, -0.05) is 36.8 Å². The molecule has 4 aliphatic carbocycles. The van der Waals surface area contributed by atoms with E-state index in [-0.39, 0.29) is 11.5 Å². The van der Waals surface area contributed by atoms with Gasteiger partial charge in [-0.05, 0) is 68.1 Å². The summed E-state index contributed by atoms with van der Waals surface area (Å²) in [5.41, 5.74) is 3.47. The Morgan fingerprint density at radius 2 is 1.92 bits per heavy atom. The minimum absolute atomic E-state index is 0.114. The van der Waals surface area contributed by atoms with Crippen molar-refractivity contribution in [2.75, 3.05) is 0 Å². The minimum atomic E-state index is -0.114. The van der Waals surface area contributed by atoms with Gasteiger partial charge in [0.05, 0.1) is 18.5 Å². The monoisotopic (exact) mass is 339 g/mol. The van der Waals surface area contributed by atoms with E-state index >= 15 is 0 Å². The summed E-state index contributed by atoms with van der Waals surface area (Å²) >= 11 is 0. The molecule has 0 saturated heterocycles. The summed E-state index contributed by atoms with van der Waals surface area (Å²) < 4.78 is 2.00. The van der Waals surface area contributed by atoms with E-state index in [9.17, 15) is 5.11 Å². The van der Waals surface area contributed by atoms with Gasteiger partial charge in [-0.25, -0.2) is 4.68 Å². The second-order valence-corrected chi connectivity index (χ2v) is 9.28. The molecule has 0 bridgehead atoms. The molecule has 2 fully saturated rings. The number of nitrogens with zero attached hydrogens (tertiary/aromatic N) is 3. The second-order valence-electron chi connectivity index (χ2n) is 9.28. The van der Waals surface area contributed by atoms with Crippen molar-refractivity contribution in [3.63, 3.8) is 0 Å². The molecule has 1 aromatic rings. The van der Waals surface area contributed by atoms with Crippen molar-refractivity contribution in [2.45, 2.75) is 64.9 Å². The van der Waals surface area contributed by atoms with Crippen molar-refractivity contribution >= 4 is 5.70 Å². The summed E-state index contributed by atoms with van der Waals surface area (Å²) in [4.78, 5) is 0. The van der Waals surface area contributed by atoms with Crippen LogP contribution in [0, 0.1) is 28.6 Å². The molecule has 1 aromatic heterocycles. The molecule has 2 saturated carbocycles. The third-order valence-corrected chi connectivity index (χ3v) is 8.29. The number of aliphatic hydroxyl groups is 1. The Bertz CT molecular complexity index is 736. The Balaban J connectivity index is 1.48. The molecule has 0 spiro atoms. The largest absolute Gasteiger partial charge is 0.393 e. The highest BCUT2D eigenvalue weighted by Gasteiger charge is 2.57. The van der Waals surface area contributed by atoms with Crippen molar-refractivity contribution in [3.05, 3.63) is 30.1 Å². The molecular weight excluding hydrogens is 310 g/mol. The Morgan fingerprint density at radius 3 is 2.72 bits per heavy atom. The Morgan fingerprint density at radius 1 is 1.08 bits per heavy atom. The molecule has 0 aliphatic heterocycles. The fraction of sp³-hybridized carbons (Fsp3) is 0.714. The van der Waals surface area contributed by atoms with Crippen LogP contribution in [0.3, 0.4) is 0 Å². The number of aromatic nitrogens is 3. The average Bonchev–Trinajstić information content (AvgIpc) is 3.22. The van der Waals surface area contributed by atoms with E-state index in [1.165, 1.54) is 31.4 Å². The summed E-state index contributed by atoms with van der Waals surface area (Å²) in [6, 6.07) is 0. The number of allylic oxidation sites excluding steroid dienone is 3. The first-order valence-corrected chi connectivity index (χ1v) is 9.97. The maximum Gasteiger partial charge on any atom is 0.0697 e. The molecule has 25 heavy (non-hydrogen) atoms. The molecule has 5 rings (SSSR count). The van der Waals surface area contributed by atoms with Crippen LogP contribution < -0.4 is 0 Å². The van der Waals surface area contributed by atoms with Crippen molar-refractivity contribution in [3.8, 4) is 0 Å². The molecule has 0 aromatic carbocycles. The second kappa shape index (κ2) is 5.29. The van der Waals surface area contributed by atoms with Gasteiger partial charge in [0.15, 0.2) is 0 Å². The third kappa shape index (κ3) is 2.09. The first-order chi connectivity index (χ1) is 12.0. The van der Waals surface area contributed by atoms with Crippen LogP contribution in [-0.2, 0) is 0 Å². The smallest absolute Gasteiger partial charge is 0.0697 e. The third-order valence-electron chi connectivity index (χ3n) is 8.29. The summed E-state index contributed by atoms with van der Waals surface area (Å²) in [6.07, 6.45) is 16.5. The molecule has 0 amide bonds. The van der Waals surface area contributed by atoms with E-state index in [2.05, 4.69) is 36.3 Å². The Hall–Kier alpha value is -1.42. The highest BCUT2D eigenvalue weighted by molar-refractivity contribution is 5.56. The van der Waals surface area contributed by atoms with Gasteiger partial charge in [-0.2, -0.15) is 0 Å². The van der Waals surface area contributed by atoms with Crippen molar-refractivity contribution in [1.82, 2.24) is 15.0 Å². The fourth-order valence-corrected chi connectivity index (χ4v) is 6.88. The molecule has 134 valence electrons. The van der Waals surface area contributed by atoms with Gasteiger partial charge < -0.3 is 5.11 Å². The van der Waals surface area contributed by atoms with E-state index in [1.54, 1.807) is 11.8 Å². The topological polar surface area (TPSA) is 50.9 Å². The van der Waals surface area contributed by atoms with Gasteiger partial charge in [-0.3, -0.25) is 0 Å². The highest BCUT2D eigenvalue weighted by Crippen LogP contribution is 2.65. The number of hydrogen-bond acceptors (Lipinski definition) is 3. The maximum absolute atomic E-state index is 10.1. The van der Waals surface area contributed by atoms with Crippen LogP contribution in [-0.4, -0.2) is 26.2 Å². The summed E-state index contributed by atoms with van der Waals surface area (Å²) in [5.74, 6) is 2.26. The lowest BCUT2D eigenvalue weighted by atomic mass is 9.48. The number of aliphatic hydroxyl groups excluding tert-OH is 1. The standard InChI is InChI=1S/C21H29N3O/c1-20-9-7-15(25)13-14(20)3-4-16-17-5-6-19(24-12-11-22-23-24)21(17,2)10-8-18(16)20/h3,6,11-12,15-18,25H,4-5,7-10,13H2,1-2H3/t15?,16-,17-,18-,20-,21-/m0/s1. The molecule has 4 heteroatoms. The van der Waals surface area contributed by atoms with Gasteiger partial charge >= 0.3 is 0 Å².